The second kappa shape index (κ2) is 6.01. The fourth-order valence-corrected chi connectivity index (χ4v) is 2.68. The third-order valence-electron chi connectivity index (χ3n) is 3.76. The van der Waals surface area contributed by atoms with Crippen LogP contribution in [-0.2, 0) is 16.8 Å². The van der Waals surface area contributed by atoms with Gasteiger partial charge < -0.3 is 15.0 Å². The number of hydrogen-bond acceptors (Lipinski definition) is 5. The summed E-state index contributed by atoms with van der Waals surface area (Å²) >= 11 is 0. The molecule has 2 atom stereocenters. The van der Waals surface area contributed by atoms with Crippen LogP contribution in [0, 0.1) is 11.8 Å². The van der Waals surface area contributed by atoms with Gasteiger partial charge in [0.25, 0.3) is 0 Å². The standard InChI is InChI=1S/C14H25N3O2/c1-10(2)7-11(9-15)8-12-16-13(17-19-12)14(3)5-4-6-18-14/h10-11H,4-9,15H2,1-3H3. The van der Waals surface area contributed by atoms with E-state index in [1.807, 2.05) is 6.92 Å². The molecular formula is C14H25N3O2. The van der Waals surface area contributed by atoms with E-state index in [2.05, 4.69) is 24.0 Å². The van der Waals surface area contributed by atoms with Crippen molar-refractivity contribution in [1.29, 1.82) is 0 Å². The Bertz CT molecular complexity index is 397. The molecule has 1 saturated heterocycles. The van der Waals surface area contributed by atoms with Gasteiger partial charge in [-0.1, -0.05) is 19.0 Å². The van der Waals surface area contributed by atoms with E-state index >= 15 is 0 Å². The minimum atomic E-state index is -0.363. The van der Waals surface area contributed by atoms with Crippen LogP contribution in [0.2, 0.25) is 0 Å². The molecule has 1 fully saturated rings. The maximum atomic E-state index is 5.81. The highest BCUT2D eigenvalue weighted by Crippen LogP contribution is 2.33. The summed E-state index contributed by atoms with van der Waals surface area (Å²) in [6.07, 6.45) is 3.86. The maximum absolute atomic E-state index is 5.81. The molecule has 2 unspecified atom stereocenters. The normalized spacial score (nSPS) is 25.1. The maximum Gasteiger partial charge on any atom is 0.227 e. The number of hydrogen-bond donors (Lipinski definition) is 1. The topological polar surface area (TPSA) is 74.2 Å². The number of rotatable bonds is 6. The van der Waals surface area contributed by atoms with Crippen LogP contribution in [0.25, 0.3) is 0 Å². The fourth-order valence-electron chi connectivity index (χ4n) is 2.68. The Balaban J connectivity index is 2.00. The molecule has 2 rings (SSSR count). The fraction of sp³-hybridized carbons (Fsp3) is 0.857. The SMILES string of the molecule is CC(C)CC(CN)Cc1nc(C2(C)CCCO2)no1. The monoisotopic (exact) mass is 267 g/mol. The smallest absolute Gasteiger partial charge is 0.227 e. The average molecular weight is 267 g/mol. The van der Waals surface area contributed by atoms with Crippen LogP contribution >= 0.6 is 0 Å². The van der Waals surface area contributed by atoms with Gasteiger partial charge in [0.15, 0.2) is 0 Å². The lowest BCUT2D eigenvalue weighted by Crippen LogP contribution is -2.22. The molecule has 0 radical (unpaired) electrons. The van der Waals surface area contributed by atoms with E-state index in [1.165, 1.54) is 0 Å². The zero-order valence-corrected chi connectivity index (χ0v) is 12.2. The number of aromatic nitrogens is 2. The van der Waals surface area contributed by atoms with Crippen LogP contribution in [-0.4, -0.2) is 23.3 Å². The van der Waals surface area contributed by atoms with Gasteiger partial charge in [-0.3, -0.25) is 0 Å². The summed E-state index contributed by atoms with van der Waals surface area (Å²) in [6, 6.07) is 0. The van der Waals surface area contributed by atoms with E-state index in [1.54, 1.807) is 0 Å². The molecule has 108 valence electrons. The zero-order valence-electron chi connectivity index (χ0n) is 12.2. The molecule has 1 aromatic rings. The summed E-state index contributed by atoms with van der Waals surface area (Å²) in [7, 11) is 0. The molecule has 1 aliphatic rings. The lowest BCUT2D eigenvalue weighted by atomic mass is 9.94. The average Bonchev–Trinajstić information content (AvgIpc) is 2.97. The summed E-state index contributed by atoms with van der Waals surface area (Å²) in [6.45, 7) is 7.87. The zero-order chi connectivity index (χ0) is 13.9. The Labute approximate surface area is 114 Å². The van der Waals surface area contributed by atoms with Crippen molar-refractivity contribution >= 4 is 0 Å². The molecule has 19 heavy (non-hydrogen) atoms. The van der Waals surface area contributed by atoms with Gasteiger partial charge in [-0.15, -0.1) is 0 Å². The first-order valence-corrected chi connectivity index (χ1v) is 7.20. The summed E-state index contributed by atoms with van der Waals surface area (Å²) < 4.78 is 11.1. The third-order valence-corrected chi connectivity index (χ3v) is 3.76. The summed E-state index contributed by atoms with van der Waals surface area (Å²) in [5, 5.41) is 4.08. The summed E-state index contributed by atoms with van der Waals surface area (Å²) in [5.41, 5.74) is 5.45. The number of nitrogens with two attached hydrogens (primary N) is 1. The Hall–Kier alpha value is -0.940. The molecule has 2 heterocycles. The van der Waals surface area contributed by atoms with Crippen LogP contribution in [0.1, 0.15) is 51.7 Å². The number of ether oxygens (including phenoxy) is 1. The first kappa shape index (κ1) is 14.5. The van der Waals surface area contributed by atoms with Crippen molar-refractivity contribution in [3.63, 3.8) is 0 Å². The van der Waals surface area contributed by atoms with E-state index in [0.717, 1.165) is 32.3 Å². The Kier molecular flexibility index (Phi) is 4.58. The van der Waals surface area contributed by atoms with Gasteiger partial charge in [-0.2, -0.15) is 4.98 Å². The van der Waals surface area contributed by atoms with Crippen LogP contribution in [0.3, 0.4) is 0 Å². The molecule has 0 aliphatic carbocycles. The van der Waals surface area contributed by atoms with Crippen molar-refractivity contribution < 1.29 is 9.26 Å². The van der Waals surface area contributed by atoms with E-state index in [4.69, 9.17) is 15.0 Å². The van der Waals surface area contributed by atoms with Crippen LogP contribution in [0.15, 0.2) is 4.52 Å². The van der Waals surface area contributed by atoms with Crippen molar-refractivity contribution in [1.82, 2.24) is 10.1 Å². The van der Waals surface area contributed by atoms with Gasteiger partial charge in [0.2, 0.25) is 11.7 Å². The lowest BCUT2D eigenvalue weighted by molar-refractivity contribution is 0.00768. The second-order valence-corrected chi connectivity index (χ2v) is 6.13. The Morgan fingerprint density at radius 3 is 2.79 bits per heavy atom. The Morgan fingerprint density at radius 1 is 1.42 bits per heavy atom. The predicted molar refractivity (Wildman–Crippen MR) is 72.5 cm³/mol. The van der Waals surface area contributed by atoms with E-state index in [-0.39, 0.29) is 5.60 Å². The molecular weight excluding hydrogens is 242 g/mol. The molecule has 2 N–H and O–H groups in total. The van der Waals surface area contributed by atoms with Crippen molar-refractivity contribution in [3.05, 3.63) is 11.7 Å². The highest BCUT2D eigenvalue weighted by atomic mass is 16.5. The molecule has 0 aromatic carbocycles. The molecule has 5 heteroatoms. The minimum absolute atomic E-state index is 0.363. The van der Waals surface area contributed by atoms with Gasteiger partial charge in [-0.25, -0.2) is 0 Å². The minimum Gasteiger partial charge on any atom is -0.367 e. The van der Waals surface area contributed by atoms with Gasteiger partial charge >= 0.3 is 0 Å². The van der Waals surface area contributed by atoms with Crippen molar-refractivity contribution in [2.24, 2.45) is 17.6 Å². The third kappa shape index (κ3) is 3.54. The van der Waals surface area contributed by atoms with Crippen molar-refractivity contribution in [2.45, 2.75) is 52.1 Å². The van der Waals surface area contributed by atoms with Crippen LogP contribution in [0.4, 0.5) is 0 Å². The highest BCUT2D eigenvalue weighted by Gasteiger charge is 2.36. The summed E-state index contributed by atoms with van der Waals surface area (Å²) in [4.78, 5) is 4.50. The largest absolute Gasteiger partial charge is 0.367 e. The quantitative estimate of drug-likeness (QED) is 0.855. The van der Waals surface area contributed by atoms with Gasteiger partial charge in [-0.05, 0) is 44.6 Å². The first-order valence-electron chi connectivity index (χ1n) is 7.20. The lowest BCUT2D eigenvalue weighted by Gasteiger charge is -2.17. The molecule has 1 aromatic heterocycles. The van der Waals surface area contributed by atoms with E-state index in [9.17, 15) is 0 Å². The predicted octanol–water partition coefficient (Wildman–Crippen LogP) is 2.26. The van der Waals surface area contributed by atoms with Crippen molar-refractivity contribution in [2.75, 3.05) is 13.2 Å². The van der Waals surface area contributed by atoms with Crippen LogP contribution in [0.5, 0.6) is 0 Å². The van der Waals surface area contributed by atoms with Gasteiger partial charge in [0, 0.05) is 13.0 Å². The molecule has 0 amide bonds. The summed E-state index contributed by atoms with van der Waals surface area (Å²) in [5.74, 6) is 2.40. The van der Waals surface area contributed by atoms with Gasteiger partial charge in [0.1, 0.15) is 5.60 Å². The second-order valence-electron chi connectivity index (χ2n) is 6.13. The highest BCUT2D eigenvalue weighted by molar-refractivity contribution is 5.02. The molecule has 0 spiro atoms. The van der Waals surface area contributed by atoms with E-state index in [0.29, 0.717) is 30.1 Å². The van der Waals surface area contributed by atoms with Gasteiger partial charge in [0.05, 0.1) is 0 Å². The molecule has 0 saturated carbocycles. The number of nitrogens with zero attached hydrogens (tertiary/aromatic N) is 2. The van der Waals surface area contributed by atoms with E-state index < -0.39 is 0 Å². The Morgan fingerprint density at radius 2 is 2.21 bits per heavy atom. The molecule has 5 nitrogen and oxygen atoms in total. The first-order chi connectivity index (χ1) is 9.03. The van der Waals surface area contributed by atoms with Crippen molar-refractivity contribution in [3.8, 4) is 0 Å². The molecule has 0 bridgehead atoms. The molecule has 1 aliphatic heterocycles. The van der Waals surface area contributed by atoms with Crippen LogP contribution < -0.4 is 5.73 Å².